The van der Waals surface area contributed by atoms with Crippen LogP contribution in [0, 0.1) is 11.3 Å². The quantitative estimate of drug-likeness (QED) is 0.708. The summed E-state index contributed by atoms with van der Waals surface area (Å²) in [7, 11) is 0. The number of anilines is 2. The number of ether oxygens (including phenoxy) is 2. The molecule has 1 aliphatic heterocycles. The SMILES string of the molecule is CC(C)CCN1C(=O)C(C)(C)COc2cc(NC(=O)OCc3ccccc3)ccc21. The van der Waals surface area contributed by atoms with E-state index in [-0.39, 0.29) is 19.1 Å². The minimum atomic E-state index is -0.627. The molecule has 0 bridgehead atoms. The molecule has 2 aromatic rings. The smallest absolute Gasteiger partial charge is 0.411 e. The Balaban J connectivity index is 1.74. The number of nitrogens with zero attached hydrogens (tertiary/aromatic N) is 1. The van der Waals surface area contributed by atoms with E-state index in [1.54, 1.807) is 17.0 Å². The summed E-state index contributed by atoms with van der Waals surface area (Å²) in [4.78, 5) is 27.1. The highest BCUT2D eigenvalue weighted by molar-refractivity contribution is 5.99. The number of rotatable bonds is 6. The van der Waals surface area contributed by atoms with Gasteiger partial charge in [-0.25, -0.2) is 4.79 Å². The Labute approximate surface area is 178 Å². The van der Waals surface area contributed by atoms with Crippen LogP contribution in [-0.4, -0.2) is 25.2 Å². The molecule has 0 unspecified atom stereocenters. The predicted octanol–water partition coefficient (Wildman–Crippen LogP) is 5.23. The minimum absolute atomic E-state index is 0.0462. The first kappa shape index (κ1) is 21.7. The van der Waals surface area contributed by atoms with Crippen LogP contribution in [0.1, 0.15) is 39.7 Å². The predicted molar refractivity (Wildman–Crippen MR) is 118 cm³/mol. The number of hydrogen-bond donors (Lipinski definition) is 1. The van der Waals surface area contributed by atoms with Crippen molar-refractivity contribution in [2.75, 3.05) is 23.4 Å². The van der Waals surface area contributed by atoms with Crippen molar-refractivity contribution < 1.29 is 19.1 Å². The maximum Gasteiger partial charge on any atom is 0.411 e. The first-order valence-electron chi connectivity index (χ1n) is 10.3. The van der Waals surface area contributed by atoms with Crippen LogP contribution in [0.2, 0.25) is 0 Å². The van der Waals surface area contributed by atoms with Crippen molar-refractivity contribution in [3.8, 4) is 5.75 Å². The van der Waals surface area contributed by atoms with Crippen molar-refractivity contribution >= 4 is 23.4 Å². The Hall–Kier alpha value is -3.02. The molecule has 1 aliphatic rings. The number of fused-ring (bicyclic) bond motifs is 1. The fraction of sp³-hybridized carbons (Fsp3) is 0.417. The molecule has 6 nitrogen and oxygen atoms in total. The van der Waals surface area contributed by atoms with Crippen LogP contribution in [0.15, 0.2) is 48.5 Å². The van der Waals surface area contributed by atoms with Gasteiger partial charge in [-0.2, -0.15) is 0 Å². The van der Waals surface area contributed by atoms with Crippen LogP contribution < -0.4 is 15.0 Å². The molecule has 0 radical (unpaired) electrons. The first-order chi connectivity index (χ1) is 14.3. The van der Waals surface area contributed by atoms with Gasteiger partial charge in [-0.3, -0.25) is 10.1 Å². The van der Waals surface area contributed by atoms with Crippen molar-refractivity contribution in [1.82, 2.24) is 0 Å². The fourth-order valence-corrected chi connectivity index (χ4v) is 3.21. The van der Waals surface area contributed by atoms with Crippen LogP contribution in [-0.2, 0) is 16.1 Å². The van der Waals surface area contributed by atoms with Crippen molar-refractivity contribution in [2.24, 2.45) is 11.3 Å². The lowest BCUT2D eigenvalue weighted by Gasteiger charge is -2.28. The molecule has 0 spiro atoms. The zero-order valence-corrected chi connectivity index (χ0v) is 18.1. The van der Waals surface area contributed by atoms with Gasteiger partial charge in [-0.05, 0) is 43.9 Å². The standard InChI is InChI=1S/C24H30N2O4/c1-17(2)12-13-26-20-11-10-19(14-21(20)30-16-24(3,4)22(26)27)25-23(28)29-15-18-8-6-5-7-9-18/h5-11,14,17H,12-13,15-16H2,1-4H3,(H,25,28). The van der Waals surface area contributed by atoms with E-state index in [2.05, 4.69) is 19.2 Å². The Morgan fingerprint density at radius 1 is 1.20 bits per heavy atom. The average molecular weight is 411 g/mol. The molecule has 30 heavy (non-hydrogen) atoms. The molecule has 160 valence electrons. The molecule has 0 aliphatic carbocycles. The molecule has 2 aromatic carbocycles. The summed E-state index contributed by atoms with van der Waals surface area (Å²) in [5.41, 5.74) is 1.58. The van der Waals surface area contributed by atoms with Crippen LogP contribution in [0.4, 0.5) is 16.2 Å². The fourth-order valence-electron chi connectivity index (χ4n) is 3.21. The Kier molecular flexibility index (Phi) is 6.65. The van der Waals surface area contributed by atoms with Crippen LogP contribution in [0.3, 0.4) is 0 Å². The summed E-state index contributed by atoms with van der Waals surface area (Å²) in [6, 6.07) is 14.8. The summed E-state index contributed by atoms with van der Waals surface area (Å²) in [6.45, 7) is 9.16. The lowest BCUT2D eigenvalue weighted by atomic mass is 9.92. The molecule has 0 fully saturated rings. The number of carbonyl (C=O) groups excluding carboxylic acids is 2. The molecular weight excluding hydrogens is 380 g/mol. The van der Waals surface area contributed by atoms with E-state index in [1.807, 2.05) is 50.2 Å². The molecule has 2 amide bonds. The van der Waals surface area contributed by atoms with Gasteiger partial charge in [0, 0.05) is 18.3 Å². The largest absolute Gasteiger partial charge is 0.490 e. The molecule has 0 saturated heterocycles. The Morgan fingerprint density at radius 2 is 1.93 bits per heavy atom. The van der Waals surface area contributed by atoms with Gasteiger partial charge in [0.25, 0.3) is 0 Å². The van der Waals surface area contributed by atoms with E-state index in [0.717, 1.165) is 17.7 Å². The summed E-state index contributed by atoms with van der Waals surface area (Å²) < 4.78 is 11.2. The van der Waals surface area contributed by atoms with Gasteiger partial charge in [-0.1, -0.05) is 44.2 Å². The van der Waals surface area contributed by atoms with Gasteiger partial charge in [0.05, 0.1) is 11.1 Å². The van der Waals surface area contributed by atoms with E-state index in [0.29, 0.717) is 23.9 Å². The third-order valence-electron chi connectivity index (χ3n) is 5.05. The molecule has 1 N–H and O–H groups in total. The molecule has 0 atom stereocenters. The van der Waals surface area contributed by atoms with Gasteiger partial charge in [0.1, 0.15) is 19.0 Å². The van der Waals surface area contributed by atoms with E-state index in [9.17, 15) is 9.59 Å². The topological polar surface area (TPSA) is 67.9 Å². The summed E-state index contributed by atoms with van der Waals surface area (Å²) >= 11 is 0. The number of nitrogens with one attached hydrogen (secondary N) is 1. The number of carbonyl (C=O) groups is 2. The minimum Gasteiger partial charge on any atom is -0.490 e. The van der Waals surface area contributed by atoms with Gasteiger partial charge < -0.3 is 14.4 Å². The second kappa shape index (κ2) is 9.20. The molecule has 3 rings (SSSR count). The van der Waals surface area contributed by atoms with E-state index in [4.69, 9.17) is 9.47 Å². The third-order valence-corrected chi connectivity index (χ3v) is 5.05. The van der Waals surface area contributed by atoms with Gasteiger partial charge in [0.2, 0.25) is 5.91 Å². The molecule has 0 saturated carbocycles. The Morgan fingerprint density at radius 3 is 2.63 bits per heavy atom. The van der Waals surface area contributed by atoms with E-state index < -0.39 is 11.5 Å². The lowest BCUT2D eigenvalue weighted by molar-refractivity contribution is -0.127. The second-order valence-electron chi connectivity index (χ2n) is 8.68. The lowest BCUT2D eigenvalue weighted by Crippen LogP contribution is -2.42. The number of benzene rings is 2. The Bertz CT molecular complexity index is 893. The maximum atomic E-state index is 13.1. The second-order valence-corrected chi connectivity index (χ2v) is 8.68. The van der Waals surface area contributed by atoms with Crippen molar-refractivity contribution in [3.63, 3.8) is 0 Å². The molecule has 1 heterocycles. The summed E-state index contributed by atoms with van der Waals surface area (Å²) in [6.07, 6.45) is 0.355. The number of hydrogen-bond acceptors (Lipinski definition) is 4. The first-order valence-corrected chi connectivity index (χ1v) is 10.3. The van der Waals surface area contributed by atoms with Gasteiger partial charge >= 0.3 is 6.09 Å². The van der Waals surface area contributed by atoms with Crippen LogP contribution in [0.25, 0.3) is 0 Å². The maximum absolute atomic E-state index is 13.1. The monoisotopic (exact) mass is 410 g/mol. The van der Waals surface area contributed by atoms with E-state index in [1.165, 1.54) is 0 Å². The van der Waals surface area contributed by atoms with Gasteiger partial charge in [0.15, 0.2) is 0 Å². The highest BCUT2D eigenvalue weighted by Gasteiger charge is 2.37. The summed E-state index contributed by atoms with van der Waals surface area (Å²) in [5, 5.41) is 2.74. The number of amides is 2. The van der Waals surface area contributed by atoms with Crippen LogP contribution in [0.5, 0.6) is 5.75 Å². The average Bonchev–Trinajstić information content (AvgIpc) is 2.80. The zero-order chi connectivity index (χ0) is 21.7. The van der Waals surface area contributed by atoms with Crippen LogP contribution >= 0.6 is 0 Å². The summed E-state index contributed by atoms with van der Waals surface area (Å²) in [5.74, 6) is 1.11. The van der Waals surface area contributed by atoms with E-state index >= 15 is 0 Å². The highest BCUT2D eigenvalue weighted by atomic mass is 16.5. The highest BCUT2D eigenvalue weighted by Crippen LogP contribution is 2.38. The molecule has 6 heteroatoms. The van der Waals surface area contributed by atoms with Crippen molar-refractivity contribution in [3.05, 3.63) is 54.1 Å². The van der Waals surface area contributed by atoms with Gasteiger partial charge in [-0.15, -0.1) is 0 Å². The molecular formula is C24H30N2O4. The normalized spacial score (nSPS) is 15.2. The van der Waals surface area contributed by atoms with Crippen molar-refractivity contribution in [1.29, 1.82) is 0 Å². The third kappa shape index (κ3) is 5.32. The van der Waals surface area contributed by atoms with Crippen molar-refractivity contribution in [2.45, 2.75) is 40.7 Å². The zero-order valence-electron chi connectivity index (χ0n) is 18.1. The molecule has 0 aromatic heterocycles.